The van der Waals surface area contributed by atoms with Gasteiger partial charge < -0.3 is 43.5 Å². The first-order valence-corrected chi connectivity index (χ1v) is 28.6. The number of hydrogen-bond donors (Lipinski definition) is 3. The second kappa shape index (κ2) is 27.6. The molecule has 29 heteroatoms. The molecule has 3 N–H and O–H groups in total. The van der Waals surface area contributed by atoms with Crippen molar-refractivity contribution in [2.45, 2.75) is 118 Å². The average Bonchev–Trinajstić information content (AvgIpc) is 1.77. The smallest absolute Gasteiger partial charge is 0.444 e. The highest BCUT2D eigenvalue weighted by atomic mass is 19.3. The number of nitrogens with one attached hydrogen (secondary N) is 2. The first kappa shape index (κ1) is 65.1. The zero-order chi connectivity index (χ0) is 65.5. The van der Waals surface area contributed by atoms with Crippen molar-refractivity contribution in [1.29, 1.82) is 0 Å². The third-order valence-corrected chi connectivity index (χ3v) is 13.2. The summed E-state index contributed by atoms with van der Waals surface area (Å²) in [5.41, 5.74) is -1.31. The van der Waals surface area contributed by atoms with E-state index in [9.17, 15) is 51.4 Å². The number of halogens is 4. The number of ether oxygens (including phenoxy) is 4. The molecule has 478 valence electrons. The zero-order valence-corrected chi connectivity index (χ0v) is 50.6. The number of aliphatic hydroxyl groups is 1. The van der Waals surface area contributed by atoms with Crippen molar-refractivity contribution in [3.05, 3.63) is 144 Å². The van der Waals surface area contributed by atoms with Gasteiger partial charge in [0.25, 0.3) is 24.7 Å². The standard InChI is InChI=1S/C33H34F2N6O8.C29H30F2N6O5/c1-18(2)47-32(45)48-30(43)20-8-10-22(11-9-20)41-16-23(26(39-41)27(34)35)37-28(42)24-17-46-29(38-24)21-12-13-36-25(14-21)40(15-19-6-7-19)31(44)49-33(3,4)5;1-29(2,3)42-28(40)36(13-17-4-5-17)23-12-19(10-11-32-23)27-34-22(16-41-27)26(39)33-21-14-37(35-24(21)25(30)31)20-8-6-18(15-38)7-9-20/h8-14,16-19,27H,6-7,15H2,1-5H3,(H,37,42);6-12,14,16-17,25,38H,4-5,13,15H2,1-3H3,(H,33,39). The lowest BCUT2D eigenvalue weighted by atomic mass is 10.2. The van der Waals surface area contributed by atoms with Gasteiger partial charge in [0.2, 0.25) is 11.8 Å². The summed E-state index contributed by atoms with van der Waals surface area (Å²) < 4.78 is 89.3. The zero-order valence-electron chi connectivity index (χ0n) is 50.6. The summed E-state index contributed by atoms with van der Waals surface area (Å²) in [5.74, 6) is -1.12. The normalized spacial score (nSPS) is 13.1. The third-order valence-electron chi connectivity index (χ3n) is 13.2. The largest absolute Gasteiger partial charge is 0.516 e. The van der Waals surface area contributed by atoms with Crippen molar-refractivity contribution in [3.8, 4) is 34.3 Å². The lowest BCUT2D eigenvalue weighted by Crippen LogP contribution is -2.38. The van der Waals surface area contributed by atoms with Gasteiger partial charge in [0, 0.05) is 36.6 Å². The van der Waals surface area contributed by atoms with Crippen LogP contribution in [0.25, 0.3) is 34.3 Å². The molecule has 0 radical (unpaired) electrons. The van der Waals surface area contributed by atoms with Crippen LogP contribution in [0.4, 0.5) is 55.0 Å². The molecule has 0 unspecified atom stereocenters. The maximum atomic E-state index is 13.9. The van der Waals surface area contributed by atoms with E-state index in [0.29, 0.717) is 58.9 Å². The summed E-state index contributed by atoms with van der Waals surface area (Å²) in [7, 11) is 0. The molecule has 0 spiro atoms. The molecule has 0 bridgehead atoms. The van der Waals surface area contributed by atoms with Crippen molar-refractivity contribution < 1.29 is 79.2 Å². The van der Waals surface area contributed by atoms with Crippen LogP contribution in [0, 0.1) is 11.8 Å². The van der Waals surface area contributed by atoms with Gasteiger partial charge in [-0.1, -0.05) is 12.1 Å². The number of carbonyl (C=O) groups excluding carboxylic acids is 6. The van der Waals surface area contributed by atoms with Crippen LogP contribution in [0.15, 0.2) is 119 Å². The maximum Gasteiger partial charge on any atom is 0.516 e. The fraction of sp³-hybridized carbons (Fsp3) is 0.355. The molecule has 2 aromatic carbocycles. The van der Waals surface area contributed by atoms with E-state index in [0.717, 1.165) is 42.9 Å². The van der Waals surface area contributed by atoms with Gasteiger partial charge in [-0.3, -0.25) is 19.4 Å². The summed E-state index contributed by atoms with van der Waals surface area (Å²) in [5, 5.41) is 21.9. The number of hydrogen-bond acceptors (Lipinski definition) is 19. The van der Waals surface area contributed by atoms with E-state index in [-0.39, 0.29) is 52.4 Å². The fourth-order valence-corrected chi connectivity index (χ4v) is 8.48. The molecule has 10 rings (SSSR count). The van der Waals surface area contributed by atoms with Crippen LogP contribution < -0.4 is 20.4 Å². The summed E-state index contributed by atoms with van der Waals surface area (Å²) in [4.78, 5) is 95.9. The van der Waals surface area contributed by atoms with Gasteiger partial charge in [-0.25, -0.2) is 66.0 Å². The van der Waals surface area contributed by atoms with Crippen LogP contribution in [0.3, 0.4) is 0 Å². The molecule has 8 aromatic rings. The van der Waals surface area contributed by atoms with Gasteiger partial charge in [0.15, 0.2) is 22.8 Å². The van der Waals surface area contributed by atoms with E-state index in [2.05, 4.69) is 45.5 Å². The Bertz CT molecular complexity index is 3920. The lowest BCUT2D eigenvalue weighted by Gasteiger charge is -2.27. The van der Waals surface area contributed by atoms with Gasteiger partial charge >= 0.3 is 24.3 Å². The molecule has 25 nitrogen and oxygen atoms in total. The molecule has 6 heterocycles. The molecule has 91 heavy (non-hydrogen) atoms. The molecule has 2 saturated carbocycles. The number of esters is 1. The summed E-state index contributed by atoms with van der Waals surface area (Å²) >= 11 is 0. The first-order valence-electron chi connectivity index (χ1n) is 28.6. The molecule has 0 saturated heterocycles. The van der Waals surface area contributed by atoms with Crippen molar-refractivity contribution in [2.24, 2.45) is 11.8 Å². The minimum atomic E-state index is -3.05. The van der Waals surface area contributed by atoms with Gasteiger partial charge in [-0.15, -0.1) is 0 Å². The Morgan fingerprint density at radius 2 is 1.05 bits per heavy atom. The molecule has 2 aliphatic carbocycles. The Morgan fingerprint density at radius 1 is 0.637 bits per heavy atom. The maximum absolute atomic E-state index is 13.9. The average molecular weight is 1260 g/mol. The molecule has 6 aromatic heterocycles. The first-order chi connectivity index (χ1) is 43.2. The number of carbonyl (C=O) groups is 6. The van der Waals surface area contributed by atoms with Crippen LogP contribution in [-0.2, 0) is 25.6 Å². The third kappa shape index (κ3) is 17.5. The Morgan fingerprint density at radius 3 is 1.43 bits per heavy atom. The predicted molar refractivity (Wildman–Crippen MR) is 318 cm³/mol. The van der Waals surface area contributed by atoms with Crippen molar-refractivity contribution in [1.82, 2.24) is 39.5 Å². The molecule has 0 atom stereocenters. The number of oxazole rings is 2. The molecular weight excluding hydrogens is 1200 g/mol. The van der Waals surface area contributed by atoms with E-state index in [4.69, 9.17) is 23.0 Å². The minimum Gasteiger partial charge on any atom is -0.444 e. The van der Waals surface area contributed by atoms with Gasteiger partial charge in [0.05, 0.1) is 53.4 Å². The number of aliphatic hydroxyl groups excluding tert-OH is 1. The topological polar surface area (TPSA) is 304 Å². The molecular formula is C62H64F4N12O13. The Labute approximate surface area is 517 Å². The SMILES string of the molecule is CC(C)(C)OC(=O)N(CC1CC1)c1cc(-c2nc(C(=O)Nc3cn(-c4ccc(CO)cc4)nc3C(F)F)co2)ccn1.CC(C)OC(=O)OC(=O)c1ccc(-n2cc(NC(=O)c3coc(-c4ccnc(N(CC5CC5)C(=O)OC(C)(C)C)c4)n3)c(C(F)F)n2)cc1. The van der Waals surface area contributed by atoms with Gasteiger partial charge in [-0.2, -0.15) is 10.2 Å². The van der Waals surface area contributed by atoms with Gasteiger partial charge in [0.1, 0.15) is 35.4 Å². The van der Waals surface area contributed by atoms with E-state index in [1.54, 1.807) is 104 Å². The Balaban J connectivity index is 0.000000218. The van der Waals surface area contributed by atoms with Crippen LogP contribution in [-0.4, -0.2) is 111 Å². The van der Waals surface area contributed by atoms with Crippen molar-refractivity contribution in [2.75, 3.05) is 33.5 Å². The second-order valence-electron chi connectivity index (χ2n) is 23.4. The highest BCUT2D eigenvalue weighted by Crippen LogP contribution is 2.36. The number of pyridine rings is 2. The number of rotatable bonds is 19. The van der Waals surface area contributed by atoms with E-state index in [1.807, 2.05) is 0 Å². The summed E-state index contributed by atoms with van der Waals surface area (Å²) in [6.07, 6.45) is 2.89. The van der Waals surface area contributed by atoms with E-state index < -0.39 is 77.7 Å². The molecule has 0 aliphatic heterocycles. The number of aromatic nitrogens is 8. The lowest BCUT2D eigenvalue weighted by molar-refractivity contribution is 0.0281. The number of benzene rings is 2. The number of anilines is 4. The van der Waals surface area contributed by atoms with Crippen LogP contribution in [0.2, 0.25) is 0 Å². The van der Waals surface area contributed by atoms with Gasteiger partial charge in [-0.05, 0) is 159 Å². The van der Waals surface area contributed by atoms with E-state index >= 15 is 0 Å². The highest BCUT2D eigenvalue weighted by Gasteiger charge is 2.34. The van der Waals surface area contributed by atoms with Crippen LogP contribution in [0.5, 0.6) is 0 Å². The number of nitrogens with zero attached hydrogens (tertiary/aromatic N) is 10. The second-order valence-corrected chi connectivity index (χ2v) is 23.4. The predicted octanol–water partition coefficient (Wildman–Crippen LogP) is 12.7. The molecule has 4 amide bonds. The Kier molecular flexibility index (Phi) is 19.8. The molecule has 2 aliphatic rings. The number of alkyl halides is 4. The van der Waals surface area contributed by atoms with Crippen LogP contribution in [0.1, 0.15) is 142 Å². The highest BCUT2D eigenvalue weighted by molar-refractivity contribution is 6.04. The van der Waals surface area contributed by atoms with E-state index in [1.165, 1.54) is 63.5 Å². The summed E-state index contributed by atoms with van der Waals surface area (Å²) in [6.45, 7) is 14.6. The fourth-order valence-electron chi connectivity index (χ4n) is 8.48. The minimum absolute atomic E-state index is 0.00263. The van der Waals surface area contributed by atoms with Crippen LogP contribution >= 0.6 is 0 Å². The number of amides is 4. The Hall–Kier alpha value is -10.3. The van der Waals surface area contributed by atoms with Crippen molar-refractivity contribution >= 4 is 59.1 Å². The van der Waals surface area contributed by atoms with Crippen molar-refractivity contribution in [3.63, 3.8) is 0 Å². The summed E-state index contributed by atoms with van der Waals surface area (Å²) in [6, 6.07) is 18.3. The monoisotopic (exact) mass is 1260 g/mol. The quantitative estimate of drug-likeness (QED) is 0.0293. The molecule has 2 fully saturated rings.